The maximum absolute atomic E-state index is 11.5. The average molecular weight is 235 g/mol. The molecule has 2 heterocycles. The van der Waals surface area contributed by atoms with Gasteiger partial charge < -0.3 is 10.4 Å². The number of nitrogens with zero attached hydrogens (tertiary/aromatic N) is 5. The van der Waals surface area contributed by atoms with E-state index >= 15 is 0 Å². The van der Waals surface area contributed by atoms with Crippen LogP contribution in [-0.2, 0) is 0 Å². The minimum Gasteiger partial charge on any atom is -0.476 e. The van der Waals surface area contributed by atoms with Crippen molar-refractivity contribution in [3.63, 3.8) is 0 Å². The molecule has 0 aliphatic rings. The molecule has 0 aromatic carbocycles. The van der Waals surface area contributed by atoms with Gasteiger partial charge in [0.15, 0.2) is 11.5 Å². The molecule has 0 aliphatic carbocycles. The molecule has 0 saturated carbocycles. The maximum Gasteiger partial charge on any atom is 0.358 e. The van der Waals surface area contributed by atoms with E-state index in [4.69, 9.17) is 5.11 Å². The van der Waals surface area contributed by atoms with E-state index in [1.807, 2.05) is 0 Å². The largest absolute Gasteiger partial charge is 0.476 e. The molecule has 0 fully saturated rings. The Balaban J connectivity index is 2.25. The molecule has 0 radical (unpaired) electrons. The van der Waals surface area contributed by atoms with Gasteiger partial charge in [-0.05, 0) is 5.21 Å². The van der Waals surface area contributed by atoms with E-state index in [1.165, 1.54) is 12.4 Å². The Hall–Kier alpha value is -2.91. The molecule has 0 bridgehead atoms. The predicted octanol–water partition coefficient (Wildman–Crippen LogP) is -1.06. The molecule has 0 saturated heterocycles. The third-order valence-electron chi connectivity index (χ3n) is 1.68. The summed E-state index contributed by atoms with van der Waals surface area (Å²) >= 11 is 0. The van der Waals surface area contributed by atoms with E-state index in [1.54, 1.807) is 0 Å². The molecule has 10 heteroatoms. The number of carboxylic acids is 1. The van der Waals surface area contributed by atoms with Gasteiger partial charge in [0.05, 0.1) is 0 Å². The first kappa shape index (κ1) is 10.6. The van der Waals surface area contributed by atoms with E-state index in [2.05, 4.69) is 35.9 Å². The van der Waals surface area contributed by atoms with Gasteiger partial charge in [-0.3, -0.25) is 4.79 Å². The summed E-state index contributed by atoms with van der Waals surface area (Å²) in [4.78, 5) is 29.5. The summed E-state index contributed by atoms with van der Waals surface area (Å²) in [5, 5.41) is 23.2. The fourth-order valence-electron chi connectivity index (χ4n) is 1.01. The maximum atomic E-state index is 11.5. The Morgan fingerprint density at radius 2 is 2.06 bits per heavy atom. The summed E-state index contributed by atoms with van der Waals surface area (Å²) in [6, 6.07) is 0. The number of rotatable bonds is 3. The summed E-state index contributed by atoms with van der Waals surface area (Å²) < 4.78 is 0. The predicted molar refractivity (Wildman–Crippen MR) is 51.1 cm³/mol. The van der Waals surface area contributed by atoms with Gasteiger partial charge in [0, 0.05) is 12.4 Å². The van der Waals surface area contributed by atoms with Gasteiger partial charge in [-0.25, -0.2) is 14.8 Å². The number of aromatic nitrogens is 6. The summed E-state index contributed by atoms with van der Waals surface area (Å²) in [5.41, 5.74) is -0.371. The first-order valence-corrected chi connectivity index (χ1v) is 4.27. The van der Waals surface area contributed by atoms with Crippen molar-refractivity contribution in [3.8, 4) is 0 Å². The second-order valence-electron chi connectivity index (χ2n) is 2.75. The highest BCUT2D eigenvalue weighted by molar-refractivity contribution is 6.04. The number of carbonyl (C=O) groups excluding carboxylic acids is 1. The zero-order valence-electron chi connectivity index (χ0n) is 8.15. The van der Waals surface area contributed by atoms with Crippen molar-refractivity contribution >= 4 is 17.7 Å². The standard InChI is InChI=1S/C7H5N7O3/c15-6(5-11-13-14-12-5)10-4-3(7(16)17)8-1-2-9-4/h1-2H,(H,16,17)(H,9,10,15)(H,11,12,13,14). The van der Waals surface area contributed by atoms with E-state index < -0.39 is 11.9 Å². The number of nitrogens with one attached hydrogen (secondary N) is 2. The normalized spacial score (nSPS) is 9.88. The molecule has 2 aromatic rings. The number of carboxylic acid groups (broad SMARTS) is 1. The third-order valence-corrected chi connectivity index (χ3v) is 1.68. The van der Waals surface area contributed by atoms with Crippen LogP contribution >= 0.6 is 0 Å². The monoisotopic (exact) mass is 235 g/mol. The lowest BCUT2D eigenvalue weighted by Gasteiger charge is -2.03. The van der Waals surface area contributed by atoms with Crippen molar-refractivity contribution in [3.05, 3.63) is 23.9 Å². The molecular formula is C7H5N7O3. The summed E-state index contributed by atoms with van der Waals surface area (Å²) in [6.07, 6.45) is 2.45. The van der Waals surface area contributed by atoms with Crippen molar-refractivity contribution in [2.75, 3.05) is 5.32 Å². The molecule has 2 aromatic heterocycles. The van der Waals surface area contributed by atoms with Gasteiger partial charge in [0.2, 0.25) is 0 Å². The second kappa shape index (κ2) is 4.30. The number of amides is 1. The number of aromatic carboxylic acids is 1. The first-order chi connectivity index (χ1) is 8.18. The van der Waals surface area contributed by atoms with E-state index in [0.29, 0.717) is 0 Å². The van der Waals surface area contributed by atoms with Gasteiger partial charge in [-0.1, -0.05) is 0 Å². The fourth-order valence-corrected chi connectivity index (χ4v) is 1.01. The van der Waals surface area contributed by atoms with Gasteiger partial charge >= 0.3 is 5.97 Å². The van der Waals surface area contributed by atoms with Crippen LogP contribution in [-0.4, -0.2) is 47.6 Å². The van der Waals surface area contributed by atoms with E-state index in [9.17, 15) is 9.59 Å². The quantitative estimate of drug-likeness (QED) is 0.609. The molecule has 2 rings (SSSR count). The van der Waals surface area contributed by atoms with Gasteiger partial charge in [-0.15, -0.1) is 10.2 Å². The topological polar surface area (TPSA) is 147 Å². The van der Waals surface area contributed by atoms with Crippen molar-refractivity contribution < 1.29 is 14.7 Å². The minimum absolute atomic E-state index is 0.185. The zero-order valence-corrected chi connectivity index (χ0v) is 8.15. The first-order valence-electron chi connectivity index (χ1n) is 4.27. The van der Waals surface area contributed by atoms with Gasteiger partial charge in [0.25, 0.3) is 11.7 Å². The second-order valence-corrected chi connectivity index (χ2v) is 2.75. The lowest BCUT2D eigenvalue weighted by atomic mass is 10.4. The number of anilines is 1. The molecule has 0 unspecified atom stereocenters. The third kappa shape index (κ3) is 2.19. The van der Waals surface area contributed by atoms with Crippen LogP contribution in [0.4, 0.5) is 5.82 Å². The molecule has 17 heavy (non-hydrogen) atoms. The molecule has 0 spiro atoms. The average Bonchev–Trinajstić information content (AvgIpc) is 2.83. The van der Waals surface area contributed by atoms with Crippen LogP contribution in [0.2, 0.25) is 0 Å². The number of aromatic amines is 1. The SMILES string of the molecule is O=C(Nc1nccnc1C(=O)O)c1nn[nH]n1. The Labute approximate surface area is 93.1 Å². The number of hydrogen-bond acceptors (Lipinski definition) is 7. The van der Waals surface area contributed by atoms with Crippen molar-refractivity contribution in [1.82, 2.24) is 30.6 Å². The number of tetrazole rings is 1. The Morgan fingerprint density at radius 3 is 2.71 bits per heavy atom. The van der Waals surface area contributed by atoms with Crippen LogP contribution in [0.3, 0.4) is 0 Å². The van der Waals surface area contributed by atoms with Gasteiger partial charge in [-0.2, -0.15) is 5.21 Å². The molecule has 86 valence electrons. The van der Waals surface area contributed by atoms with Crippen LogP contribution in [0.25, 0.3) is 0 Å². The van der Waals surface area contributed by atoms with Crippen molar-refractivity contribution in [1.29, 1.82) is 0 Å². The highest BCUT2D eigenvalue weighted by Crippen LogP contribution is 2.08. The number of carbonyl (C=O) groups is 2. The number of H-pyrrole nitrogens is 1. The van der Waals surface area contributed by atoms with Crippen LogP contribution in [0.15, 0.2) is 12.4 Å². The van der Waals surface area contributed by atoms with Crippen LogP contribution in [0, 0.1) is 0 Å². The Bertz CT molecular complexity index is 552. The smallest absolute Gasteiger partial charge is 0.358 e. The highest BCUT2D eigenvalue weighted by Gasteiger charge is 2.17. The Kier molecular flexibility index (Phi) is 2.68. The lowest BCUT2D eigenvalue weighted by Crippen LogP contribution is -2.18. The summed E-state index contributed by atoms with van der Waals surface area (Å²) in [5.74, 6) is -2.45. The summed E-state index contributed by atoms with van der Waals surface area (Å²) in [6.45, 7) is 0. The van der Waals surface area contributed by atoms with Crippen LogP contribution < -0.4 is 5.32 Å². The molecule has 3 N–H and O–H groups in total. The highest BCUT2D eigenvalue weighted by atomic mass is 16.4. The van der Waals surface area contributed by atoms with Crippen LogP contribution in [0.1, 0.15) is 21.1 Å². The molecule has 0 atom stereocenters. The molecule has 10 nitrogen and oxygen atoms in total. The molecule has 0 aliphatic heterocycles. The molecule has 1 amide bonds. The van der Waals surface area contributed by atoms with Crippen molar-refractivity contribution in [2.24, 2.45) is 0 Å². The zero-order chi connectivity index (χ0) is 12.3. The lowest BCUT2D eigenvalue weighted by molar-refractivity contribution is 0.0691. The fraction of sp³-hybridized carbons (Fsp3) is 0. The van der Waals surface area contributed by atoms with E-state index in [-0.39, 0.29) is 17.3 Å². The van der Waals surface area contributed by atoms with E-state index in [0.717, 1.165) is 0 Å². The van der Waals surface area contributed by atoms with Crippen molar-refractivity contribution in [2.45, 2.75) is 0 Å². The van der Waals surface area contributed by atoms with Crippen LogP contribution in [0.5, 0.6) is 0 Å². The minimum atomic E-state index is -1.30. The Morgan fingerprint density at radius 1 is 1.29 bits per heavy atom. The number of hydrogen-bond donors (Lipinski definition) is 3. The molecular weight excluding hydrogens is 230 g/mol. The summed E-state index contributed by atoms with van der Waals surface area (Å²) in [7, 11) is 0. The van der Waals surface area contributed by atoms with Gasteiger partial charge in [0.1, 0.15) is 0 Å².